The first-order valence-electron chi connectivity index (χ1n) is 9.75. The SMILES string of the molecule is COC(=O)c1nc(N(C(=O)OC(C)(C)C)C(=O)OC(C)(C)C)ccc1C1CCOC1. The third-order valence-corrected chi connectivity index (χ3v) is 4.04. The van der Waals surface area contributed by atoms with E-state index in [-0.39, 0.29) is 17.4 Å². The molecule has 0 aliphatic carbocycles. The Hall–Kier alpha value is -2.68. The van der Waals surface area contributed by atoms with Crippen LogP contribution in [-0.2, 0) is 18.9 Å². The molecular formula is C21H30N2O7. The molecule has 2 amide bonds. The average molecular weight is 422 g/mol. The Balaban J connectivity index is 2.51. The fourth-order valence-corrected chi connectivity index (χ4v) is 2.83. The van der Waals surface area contributed by atoms with E-state index in [4.69, 9.17) is 18.9 Å². The minimum atomic E-state index is -0.961. The Morgan fingerprint density at radius 1 is 1.03 bits per heavy atom. The number of methoxy groups -OCH3 is 1. The van der Waals surface area contributed by atoms with Crippen LogP contribution in [0.3, 0.4) is 0 Å². The summed E-state index contributed by atoms with van der Waals surface area (Å²) in [4.78, 5) is 43.0. The maximum absolute atomic E-state index is 12.8. The highest BCUT2D eigenvalue weighted by Gasteiger charge is 2.35. The molecule has 0 spiro atoms. The second-order valence-corrected chi connectivity index (χ2v) is 8.96. The van der Waals surface area contributed by atoms with E-state index in [9.17, 15) is 14.4 Å². The molecule has 0 bridgehead atoms. The van der Waals surface area contributed by atoms with Crippen molar-refractivity contribution < 1.29 is 33.3 Å². The number of imide groups is 1. The van der Waals surface area contributed by atoms with E-state index in [0.29, 0.717) is 23.7 Å². The zero-order valence-electron chi connectivity index (χ0n) is 18.6. The quantitative estimate of drug-likeness (QED) is 0.531. The number of hydrogen-bond acceptors (Lipinski definition) is 8. The van der Waals surface area contributed by atoms with Gasteiger partial charge >= 0.3 is 18.2 Å². The van der Waals surface area contributed by atoms with Crippen LogP contribution < -0.4 is 4.90 Å². The normalized spacial score (nSPS) is 16.7. The van der Waals surface area contributed by atoms with Gasteiger partial charge in [0, 0.05) is 12.5 Å². The predicted octanol–water partition coefficient (Wildman–Crippen LogP) is 4.05. The van der Waals surface area contributed by atoms with Crippen LogP contribution in [-0.4, -0.2) is 54.7 Å². The Morgan fingerprint density at radius 3 is 2.03 bits per heavy atom. The number of anilines is 1. The van der Waals surface area contributed by atoms with Gasteiger partial charge in [0.15, 0.2) is 5.69 Å². The molecule has 1 atom stereocenters. The molecule has 0 aromatic carbocycles. The Labute approximate surface area is 176 Å². The number of rotatable bonds is 3. The van der Waals surface area contributed by atoms with Crippen molar-refractivity contribution in [1.29, 1.82) is 0 Å². The Morgan fingerprint density at radius 2 is 1.60 bits per heavy atom. The molecule has 9 heteroatoms. The minimum absolute atomic E-state index is 0.0163. The lowest BCUT2D eigenvalue weighted by molar-refractivity contribution is 0.0426. The number of nitrogens with zero attached hydrogens (tertiary/aromatic N) is 2. The van der Waals surface area contributed by atoms with E-state index < -0.39 is 29.4 Å². The Kier molecular flexibility index (Phi) is 7.07. The van der Waals surface area contributed by atoms with Crippen LogP contribution in [0.5, 0.6) is 0 Å². The maximum Gasteiger partial charge on any atom is 0.425 e. The van der Waals surface area contributed by atoms with Gasteiger partial charge in [-0.15, -0.1) is 0 Å². The lowest BCUT2D eigenvalue weighted by atomic mass is 9.96. The number of ether oxygens (including phenoxy) is 4. The number of hydrogen-bond donors (Lipinski definition) is 0. The summed E-state index contributed by atoms with van der Waals surface area (Å²) < 4.78 is 21.0. The first-order valence-corrected chi connectivity index (χ1v) is 9.75. The van der Waals surface area contributed by atoms with E-state index in [1.54, 1.807) is 47.6 Å². The molecule has 1 saturated heterocycles. The van der Waals surface area contributed by atoms with Crippen molar-refractivity contribution >= 4 is 24.0 Å². The third-order valence-electron chi connectivity index (χ3n) is 4.04. The van der Waals surface area contributed by atoms with Gasteiger partial charge in [0.2, 0.25) is 0 Å². The highest BCUT2D eigenvalue weighted by Crippen LogP contribution is 2.30. The van der Waals surface area contributed by atoms with E-state index in [1.165, 1.54) is 13.2 Å². The van der Waals surface area contributed by atoms with Gasteiger partial charge in [-0.25, -0.2) is 19.4 Å². The van der Waals surface area contributed by atoms with Gasteiger partial charge < -0.3 is 18.9 Å². The second-order valence-electron chi connectivity index (χ2n) is 8.96. The number of amides is 2. The molecule has 1 aliphatic rings. The number of aromatic nitrogens is 1. The fraction of sp³-hybridized carbons (Fsp3) is 0.619. The summed E-state index contributed by atoms with van der Waals surface area (Å²) in [6.07, 6.45) is -1.19. The molecule has 1 aliphatic heterocycles. The largest absolute Gasteiger partial charge is 0.464 e. The monoisotopic (exact) mass is 422 g/mol. The maximum atomic E-state index is 12.8. The molecule has 1 unspecified atom stereocenters. The van der Waals surface area contributed by atoms with Gasteiger partial charge in [0.1, 0.15) is 17.0 Å². The zero-order chi connectivity index (χ0) is 22.7. The number of pyridine rings is 1. The minimum Gasteiger partial charge on any atom is -0.464 e. The summed E-state index contributed by atoms with van der Waals surface area (Å²) in [5.41, 5.74) is -1.06. The lowest BCUT2D eigenvalue weighted by Crippen LogP contribution is -2.44. The van der Waals surface area contributed by atoms with E-state index in [1.807, 2.05) is 0 Å². The van der Waals surface area contributed by atoms with Gasteiger partial charge in [-0.3, -0.25) is 0 Å². The molecule has 0 saturated carbocycles. The van der Waals surface area contributed by atoms with Crippen LogP contribution >= 0.6 is 0 Å². The van der Waals surface area contributed by atoms with Crippen LogP contribution in [0, 0.1) is 0 Å². The molecule has 0 radical (unpaired) electrons. The molecule has 2 rings (SSSR count). The number of carbonyl (C=O) groups excluding carboxylic acids is 3. The highest BCUT2D eigenvalue weighted by molar-refractivity contribution is 6.09. The van der Waals surface area contributed by atoms with Crippen molar-refractivity contribution in [3.63, 3.8) is 0 Å². The summed E-state index contributed by atoms with van der Waals surface area (Å²) in [7, 11) is 1.24. The summed E-state index contributed by atoms with van der Waals surface area (Å²) in [6, 6.07) is 3.13. The van der Waals surface area contributed by atoms with Crippen molar-refractivity contribution in [2.75, 3.05) is 25.2 Å². The van der Waals surface area contributed by atoms with Gasteiger partial charge in [0.25, 0.3) is 0 Å². The zero-order valence-corrected chi connectivity index (χ0v) is 18.6. The smallest absolute Gasteiger partial charge is 0.425 e. The van der Waals surface area contributed by atoms with Gasteiger partial charge in [-0.1, -0.05) is 6.07 Å². The van der Waals surface area contributed by atoms with Crippen LogP contribution in [0.2, 0.25) is 0 Å². The van der Waals surface area contributed by atoms with Crippen LogP contribution in [0.25, 0.3) is 0 Å². The van der Waals surface area contributed by atoms with Crippen LogP contribution in [0.15, 0.2) is 12.1 Å². The highest BCUT2D eigenvalue weighted by atomic mass is 16.6. The molecular weight excluding hydrogens is 392 g/mol. The Bertz CT molecular complexity index is 775. The first kappa shape index (κ1) is 23.6. The molecule has 166 valence electrons. The average Bonchev–Trinajstić information content (AvgIpc) is 3.12. The fourth-order valence-electron chi connectivity index (χ4n) is 2.83. The van der Waals surface area contributed by atoms with E-state index in [2.05, 4.69) is 4.98 Å². The first-order chi connectivity index (χ1) is 13.8. The van der Waals surface area contributed by atoms with Crippen molar-refractivity contribution in [1.82, 2.24) is 4.98 Å². The van der Waals surface area contributed by atoms with Gasteiger partial charge in [-0.2, -0.15) is 4.90 Å². The molecule has 0 N–H and O–H groups in total. The number of carbonyl (C=O) groups is 3. The molecule has 30 heavy (non-hydrogen) atoms. The van der Waals surface area contributed by atoms with E-state index >= 15 is 0 Å². The van der Waals surface area contributed by atoms with Crippen molar-refractivity contribution in [2.45, 2.75) is 65.1 Å². The van der Waals surface area contributed by atoms with E-state index in [0.717, 1.165) is 6.42 Å². The topological polar surface area (TPSA) is 104 Å². The van der Waals surface area contributed by atoms with Crippen molar-refractivity contribution in [3.05, 3.63) is 23.4 Å². The number of esters is 1. The standard InChI is InChI=1S/C21H30N2O7/c1-20(2,3)29-18(25)23(19(26)30-21(4,5)6)15-9-8-14(13-10-11-28-12-13)16(22-15)17(24)27-7/h8-9,13H,10-12H2,1-7H3. The van der Waals surface area contributed by atoms with Gasteiger partial charge in [0.05, 0.1) is 13.7 Å². The molecule has 2 heterocycles. The van der Waals surface area contributed by atoms with Crippen LogP contribution in [0.4, 0.5) is 15.4 Å². The second kappa shape index (κ2) is 8.99. The van der Waals surface area contributed by atoms with Gasteiger partial charge in [-0.05, 0) is 59.6 Å². The summed E-state index contributed by atoms with van der Waals surface area (Å²) >= 11 is 0. The summed E-state index contributed by atoms with van der Waals surface area (Å²) in [5, 5.41) is 0. The molecule has 1 aromatic rings. The summed E-state index contributed by atoms with van der Waals surface area (Å²) in [6.45, 7) is 11.1. The molecule has 1 aromatic heterocycles. The molecule has 1 fully saturated rings. The third kappa shape index (κ3) is 6.16. The predicted molar refractivity (Wildman–Crippen MR) is 109 cm³/mol. The van der Waals surface area contributed by atoms with Crippen LogP contribution in [0.1, 0.15) is 69.9 Å². The lowest BCUT2D eigenvalue weighted by Gasteiger charge is -2.28. The van der Waals surface area contributed by atoms with Crippen molar-refractivity contribution in [3.8, 4) is 0 Å². The van der Waals surface area contributed by atoms with Crippen molar-refractivity contribution in [2.24, 2.45) is 0 Å². The molecule has 9 nitrogen and oxygen atoms in total. The summed E-state index contributed by atoms with van der Waals surface area (Å²) in [5.74, 6) is -0.800.